The Balaban J connectivity index is 1.97. The first-order valence-electron chi connectivity index (χ1n) is 7.39. The van der Waals surface area contributed by atoms with Crippen molar-refractivity contribution >= 4 is 11.3 Å². The molecule has 0 saturated carbocycles. The molecule has 0 spiro atoms. The molecule has 2 rings (SSSR count). The molecule has 0 radical (unpaired) electrons. The summed E-state index contributed by atoms with van der Waals surface area (Å²) in [5, 5.41) is 6.74. The van der Waals surface area contributed by atoms with Crippen LogP contribution < -0.4 is 5.32 Å². The number of ether oxygens (including phenoxy) is 1. The minimum Gasteiger partial charge on any atom is -0.384 e. The van der Waals surface area contributed by atoms with Crippen molar-refractivity contribution in [2.75, 3.05) is 20.8 Å². The first-order valence-corrected chi connectivity index (χ1v) is 8.27. The second kappa shape index (κ2) is 8.27. The summed E-state index contributed by atoms with van der Waals surface area (Å²) in [7, 11) is 3.79. The largest absolute Gasteiger partial charge is 0.384 e. The number of rotatable bonds is 8. The summed E-state index contributed by atoms with van der Waals surface area (Å²) >= 11 is 1.75. The number of likely N-dealkylation sites (N-methyl/N-ethyl adjacent to an activating group) is 1. The van der Waals surface area contributed by atoms with E-state index >= 15 is 0 Å². The van der Waals surface area contributed by atoms with Crippen LogP contribution in [-0.4, -0.2) is 31.8 Å². The normalized spacial score (nSPS) is 14.0. The van der Waals surface area contributed by atoms with Gasteiger partial charge < -0.3 is 10.1 Å². The molecule has 1 N–H and O–H groups in total. The average Bonchev–Trinajstić information content (AvgIpc) is 2.96. The van der Waals surface area contributed by atoms with Gasteiger partial charge >= 0.3 is 0 Å². The van der Waals surface area contributed by atoms with Crippen LogP contribution in [0.15, 0.2) is 35.7 Å². The minimum absolute atomic E-state index is 0.449. The summed E-state index contributed by atoms with van der Waals surface area (Å²) < 4.78 is 5.22. The van der Waals surface area contributed by atoms with E-state index < -0.39 is 0 Å². The highest BCUT2D eigenvalue weighted by Gasteiger charge is 2.14. The van der Waals surface area contributed by atoms with E-state index in [4.69, 9.17) is 9.72 Å². The fraction of sp³-hybridized carbons (Fsp3) is 0.471. The molecular weight excluding hydrogens is 280 g/mol. The van der Waals surface area contributed by atoms with Crippen LogP contribution in [0.25, 0.3) is 11.3 Å². The van der Waals surface area contributed by atoms with Crippen molar-refractivity contribution in [3.8, 4) is 11.3 Å². The van der Waals surface area contributed by atoms with E-state index in [0.29, 0.717) is 12.0 Å². The number of hydrogen-bond acceptors (Lipinski definition) is 4. The van der Waals surface area contributed by atoms with Crippen molar-refractivity contribution in [3.63, 3.8) is 0 Å². The molecule has 0 amide bonds. The maximum absolute atomic E-state index is 5.22. The van der Waals surface area contributed by atoms with Crippen LogP contribution in [0.1, 0.15) is 18.4 Å². The van der Waals surface area contributed by atoms with Gasteiger partial charge in [0.15, 0.2) is 0 Å². The van der Waals surface area contributed by atoms with Crippen molar-refractivity contribution in [1.29, 1.82) is 0 Å². The van der Waals surface area contributed by atoms with Crippen LogP contribution >= 0.6 is 11.3 Å². The second-order valence-corrected chi connectivity index (χ2v) is 6.42. The first-order chi connectivity index (χ1) is 10.2. The molecule has 4 heteroatoms. The van der Waals surface area contributed by atoms with E-state index in [0.717, 1.165) is 25.1 Å². The molecular formula is C17H24N2OS. The van der Waals surface area contributed by atoms with E-state index in [-0.39, 0.29) is 0 Å². The standard InChI is InChI=1S/C17H24N2OS/c1-13(11-20-3)9-15(18-2)10-17-19-16(12-21-17)14-7-5-4-6-8-14/h4-8,12-13,15,18H,9-11H2,1-3H3. The van der Waals surface area contributed by atoms with Crippen LogP contribution in [0.5, 0.6) is 0 Å². The van der Waals surface area contributed by atoms with Gasteiger partial charge in [-0.25, -0.2) is 4.98 Å². The van der Waals surface area contributed by atoms with Gasteiger partial charge in [-0.05, 0) is 19.4 Å². The van der Waals surface area contributed by atoms with E-state index in [1.54, 1.807) is 18.4 Å². The van der Waals surface area contributed by atoms with Crippen LogP contribution in [0.3, 0.4) is 0 Å². The highest BCUT2D eigenvalue weighted by Crippen LogP contribution is 2.23. The van der Waals surface area contributed by atoms with Gasteiger partial charge in [-0.15, -0.1) is 11.3 Å². The van der Waals surface area contributed by atoms with Gasteiger partial charge in [0.05, 0.1) is 10.7 Å². The topological polar surface area (TPSA) is 34.2 Å². The van der Waals surface area contributed by atoms with Gasteiger partial charge in [-0.3, -0.25) is 0 Å². The number of hydrogen-bond donors (Lipinski definition) is 1. The monoisotopic (exact) mass is 304 g/mol. The fourth-order valence-corrected chi connectivity index (χ4v) is 3.38. The van der Waals surface area contributed by atoms with Crippen LogP contribution in [0, 0.1) is 5.92 Å². The van der Waals surface area contributed by atoms with Crippen LogP contribution in [0.2, 0.25) is 0 Å². The van der Waals surface area contributed by atoms with E-state index in [1.165, 1.54) is 10.6 Å². The molecule has 0 aliphatic rings. The summed E-state index contributed by atoms with van der Waals surface area (Å²) in [6.07, 6.45) is 2.08. The Labute approximate surface area is 131 Å². The molecule has 0 bridgehead atoms. The predicted octanol–water partition coefficient (Wildman–Crippen LogP) is 3.61. The van der Waals surface area contributed by atoms with Gasteiger partial charge in [-0.1, -0.05) is 37.3 Å². The maximum Gasteiger partial charge on any atom is 0.0948 e. The average molecular weight is 304 g/mol. The molecule has 21 heavy (non-hydrogen) atoms. The van der Waals surface area contributed by atoms with E-state index in [2.05, 4.69) is 41.9 Å². The Morgan fingerprint density at radius 1 is 1.29 bits per heavy atom. The van der Waals surface area contributed by atoms with Gasteiger partial charge in [0.1, 0.15) is 0 Å². The lowest BCUT2D eigenvalue weighted by Crippen LogP contribution is -2.30. The van der Waals surface area contributed by atoms with Crippen molar-refractivity contribution in [1.82, 2.24) is 10.3 Å². The number of nitrogens with zero attached hydrogens (tertiary/aromatic N) is 1. The Bertz CT molecular complexity index is 527. The minimum atomic E-state index is 0.449. The van der Waals surface area contributed by atoms with Crippen molar-refractivity contribution in [2.45, 2.75) is 25.8 Å². The zero-order valence-corrected chi connectivity index (χ0v) is 13.8. The van der Waals surface area contributed by atoms with Gasteiger partial charge in [-0.2, -0.15) is 0 Å². The third-order valence-corrected chi connectivity index (χ3v) is 4.46. The molecule has 1 aromatic heterocycles. The Kier molecular flexibility index (Phi) is 6.36. The van der Waals surface area contributed by atoms with Crippen molar-refractivity contribution < 1.29 is 4.74 Å². The summed E-state index contributed by atoms with van der Waals surface area (Å²) in [5.74, 6) is 0.556. The molecule has 3 nitrogen and oxygen atoms in total. The summed E-state index contributed by atoms with van der Waals surface area (Å²) in [6, 6.07) is 10.8. The van der Waals surface area contributed by atoms with E-state index in [1.807, 2.05) is 13.1 Å². The lowest BCUT2D eigenvalue weighted by atomic mass is 10.0. The molecule has 1 aromatic carbocycles. The number of nitrogens with one attached hydrogen (secondary N) is 1. The molecule has 0 aliphatic carbocycles. The quantitative estimate of drug-likeness (QED) is 0.809. The first kappa shape index (κ1) is 16.1. The third-order valence-electron chi connectivity index (χ3n) is 3.59. The zero-order valence-electron chi connectivity index (χ0n) is 13.0. The number of aromatic nitrogens is 1. The number of methoxy groups -OCH3 is 1. The Morgan fingerprint density at radius 3 is 2.71 bits per heavy atom. The molecule has 2 aromatic rings. The van der Waals surface area contributed by atoms with Crippen LogP contribution in [-0.2, 0) is 11.2 Å². The lowest BCUT2D eigenvalue weighted by Gasteiger charge is -2.19. The smallest absolute Gasteiger partial charge is 0.0948 e. The molecule has 114 valence electrons. The second-order valence-electron chi connectivity index (χ2n) is 5.48. The number of benzene rings is 1. The highest BCUT2D eigenvalue weighted by molar-refractivity contribution is 7.09. The molecule has 0 saturated heterocycles. The van der Waals surface area contributed by atoms with E-state index in [9.17, 15) is 0 Å². The van der Waals surface area contributed by atoms with Crippen LogP contribution in [0.4, 0.5) is 0 Å². The van der Waals surface area contributed by atoms with Gasteiger partial charge in [0, 0.05) is 37.1 Å². The fourth-order valence-electron chi connectivity index (χ4n) is 2.50. The molecule has 1 heterocycles. The van der Waals surface area contributed by atoms with Gasteiger partial charge in [0.25, 0.3) is 0 Å². The molecule has 2 unspecified atom stereocenters. The lowest BCUT2D eigenvalue weighted by molar-refractivity contribution is 0.150. The Hall–Kier alpha value is -1.23. The molecule has 2 atom stereocenters. The maximum atomic E-state index is 5.22. The van der Waals surface area contributed by atoms with Crippen molar-refractivity contribution in [2.24, 2.45) is 5.92 Å². The predicted molar refractivity (Wildman–Crippen MR) is 89.8 cm³/mol. The van der Waals surface area contributed by atoms with Gasteiger partial charge in [0.2, 0.25) is 0 Å². The Morgan fingerprint density at radius 2 is 2.05 bits per heavy atom. The number of thiazole rings is 1. The summed E-state index contributed by atoms with van der Waals surface area (Å²) in [4.78, 5) is 4.77. The molecule has 0 fully saturated rings. The molecule has 0 aliphatic heterocycles. The highest BCUT2D eigenvalue weighted by atomic mass is 32.1. The third kappa shape index (κ3) is 4.92. The summed E-state index contributed by atoms with van der Waals surface area (Å²) in [5.41, 5.74) is 2.27. The van der Waals surface area contributed by atoms with Crippen molar-refractivity contribution in [3.05, 3.63) is 40.7 Å². The summed E-state index contributed by atoms with van der Waals surface area (Å²) in [6.45, 7) is 3.04. The SMILES string of the molecule is CNC(Cc1nc(-c2ccccc2)cs1)CC(C)COC. The zero-order chi connectivity index (χ0) is 15.1.